The topological polar surface area (TPSA) is 137 Å². The molecule has 0 saturated heterocycles. The number of nitrogens with zero attached hydrogens (tertiary/aromatic N) is 2. The number of hydrogen-bond acceptors (Lipinski definition) is 7. The second kappa shape index (κ2) is 6.63. The number of nitrogens with two attached hydrogens (primary N) is 1. The zero-order valence-electron chi connectivity index (χ0n) is 13.7. The van der Waals surface area contributed by atoms with Crippen molar-refractivity contribution in [2.45, 2.75) is 0 Å². The van der Waals surface area contributed by atoms with Gasteiger partial charge in [-0.25, -0.2) is 14.6 Å². The lowest BCUT2D eigenvalue weighted by molar-refractivity contribution is 0.0469. The number of carbonyl (C=O) groups is 2. The molecule has 0 amide bonds. The summed E-state index contributed by atoms with van der Waals surface area (Å²) in [5.41, 5.74) is 4.14. The van der Waals surface area contributed by atoms with Crippen molar-refractivity contribution in [3.05, 3.63) is 68.5 Å². The molecule has 3 N–H and O–H groups in total. The van der Waals surface area contributed by atoms with E-state index in [2.05, 4.69) is 4.98 Å². The number of anilines is 1. The van der Waals surface area contributed by atoms with Gasteiger partial charge in [0.15, 0.2) is 6.61 Å². The van der Waals surface area contributed by atoms with Gasteiger partial charge < -0.3 is 10.5 Å². The monoisotopic (exact) mass is 354 g/mol. The highest BCUT2D eigenvalue weighted by Crippen LogP contribution is 2.12. The number of benzene rings is 1. The normalized spacial score (nSPS) is 10.7. The van der Waals surface area contributed by atoms with E-state index in [1.165, 1.54) is 13.1 Å². The van der Waals surface area contributed by atoms with Crippen LogP contribution in [-0.2, 0) is 11.8 Å². The molecule has 0 aliphatic carbocycles. The highest BCUT2D eigenvalue weighted by molar-refractivity contribution is 6.02. The Morgan fingerprint density at radius 3 is 2.69 bits per heavy atom. The van der Waals surface area contributed by atoms with Crippen molar-refractivity contribution in [2.75, 3.05) is 12.3 Å². The number of nitrogens with one attached hydrogen (secondary N) is 1. The molecule has 9 nitrogen and oxygen atoms in total. The predicted octanol–water partition coefficient (Wildman–Crippen LogP) is 0.244. The Morgan fingerprint density at radius 1 is 1.19 bits per heavy atom. The summed E-state index contributed by atoms with van der Waals surface area (Å²) in [5.74, 6) is -1.94. The molecule has 0 atom stereocenters. The standard InChI is InChI=1S/C17H14N4O5/c1-21-14(18)13(15(23)20-17(21)25)12(22)8-26-16(24)11-7-6-9-4-2-3-5-10(9)19-11/h2-7H,8,18H2,1H3,(H,20,23,25). The number of fused-ring (bicyclic) bond motifs is 1. The van der Waals surface area contributed by atoms with Gasteiger partial charge in [-0.2, -0.15) is 0 Å². The number of hydrogen-bond donors (Lipinski definition) is 2. The van der Waals surface area contributed by atoms with Gasteiger partial charge in [0, 0.05) is 12.4 Å². The van der Waals surface area contributed by atoms with Gasteiger partial charge in [0.1, 0.15) is 17.1 Å². The Kier molecular flexibility index (Phi) is 4.36. The maximum atomic E-state index is 12.2. The van der Waals surface area contributed by atoms with E-state index in [1.807, 2.05) is 17.1 Å². The summed E-state index contributed by atoms with van der Waals surface area (Å²) in [6.07, 6.45) is 0. The molecule has 26 heavy (non-hydrogen) atoms. The molecule has 3 aromatic rings. The van der Waals surface area contributed by atoms with Crippen LogP contribution in [0.25, 0.3) is 10.9 Å². The lowest BCUT2D eigenvalue weighted by atomic mass is 10.2. The van der Waals surface area contributed by atoms with Gasteiger partial charge in [0.2, 0.25) is 5.78 Å². The third kappa shape index (κ3) is 3.09. The summed E-state index contributed by atoms with van der Waals surface area (Å²) >= 11 is 0. The van der Waals surface area contributed by atoms with E-state index in [0.717, 1.165) is 9.95 Å². The maximum absolute atomic E-state index is 12.2. The van der Waals surface area contributed by atoms with E-state index in [0.29, 0.717) is 5.52 Å². The summed E-state index contributed by atoms with van der Waals surface area (Å²) in [6.45, 7) is -0.710. The number of ether oxygens (including phenoxy) is 1. The van der Waals surface area contributed by atoms with E-state index in [9.17, 15) is 19.2 Å². The summed E-state index contributed by atoms with van der Waals surface area (Å²) in [7, 11) is 1.30. The lowest BCUT2D eigenvalue weighted by Gasteiger charge is -2.08. The van der Waals surface area contributed by atoms with Crippen LogP contribution in [-0.4, -0.2) is 32.9 Å². The summed E-state index contributed by atoms with van der Waals surface area (Å²) in [5, 5.41) is 0.852. The van der Waals surface area contributed by atoms with Gasteiger partial charge in [-0.05, 0) is 12.1 Å². The third-order valence-corrected chi connectivity index (χ3v) is 3.79. The molecule has 0 radical (unpaired) electrons. The molecule has 2 aromatic heterocycles. The zero-order valence-corrected chi connectivity index (χ0v) is 13.7. The number of carbonyl (C=O) groups excluding carboxylic acids is 2. The number of Topliss-reactive ketones (excluding diaryl/α,β-unsaturated/α-hetero) is 1. The Labute approximate surface area is 146 Å². The highest BCUT2D eigenvalue weighted by atomic mass is 16.5. The van der Waals surface area contributed by atoms with Crippen LogP contribution in [0, 0.1) is 0 Å². The number of ketones is 1. The maximum Gasteiger partial charge on any atom is 0.357 e. The Bertz CT molecular complexity index is 1150. The fourth-order valence-corrected chi connectivity index (χ4v) is 2.36. The molecule has 3 rings (SSSR count). The minimum atomic E-state index is -0.935. The van der Waals surface area contributed by atoms with Crippen LogP contribution >= 0.6 is 0 Å². The molecule has 0 bridgehead atoms. The number of para-hydroxylation sites is 1. The first-order valence-corrected chi connectivity index (χ1v) is 7.53. The molecule has 0 aliphatic heterocycles. The number of aromatic nitrogens is 3. The van der Waals surface area contributed by atoms with Crippen LogP contribution in [0.5, 0.6) is 0 Å². The number of nitrogen functional groups attached to an aromatic ring is 1. The smallest absolute Gasteiger partial charge is 0.357 e. The average molecular weight is 354 g/mol. The Balaban J connectivity index is 1.79. The molecule has 9 heteroatoms. The van der Waals surface area contributed by atoms with E-state index in [4.69, 9.17) is 10.5 Å². The Hall–Kier alpha value is -3.75. The first-order chi connectivity index (χ1) is 12.4. The van der Waals surface area contributed by atoms with Gasteiger partial charge in [0.05, 0.1) is 5.52 Å². The van der Waals surface area contributed by atoms with Crippen molar-refractivity contribution in [1.82, 2.24) is 14.5 Å². The third-order valence-electron chi connectivity index (χ3n) is 3.79. The summed E-state index contributed by atoms with van der Waals surface area (Å²) < 4.78 is 5.84. The van der Waals surface area contributed by atoms with E-state index in [1.54, 1.807) is 18.2 Å². The van der Waals surface area contributed by atoms with Crippen LogP contribution < -0.4 is 17.0 Å². The fourth-order valence-electron chi connectivity index (χ4n) is 2.36. The quantitative estimate of drug-likeness (QED) is 0.506. The van der Waals surface area contributed by atoms with Crippen LogP contribution in [0.1, 0.15) is 20.8 Å². The number of esters is 1. The SMILES string of the molecule is Cn1c(N)c(C(=O)COC(=O)c2ccc3ccccc3n2)c(=O)[nH]c1=O. The number of rotatable bonds is 4. The molecule has 0 aliphatic rings. The lowest BCUT2D eigenvalue weighted by Crippen LogP contribution is -2.35. The van der Waals surface area contributed by atoms with Crippen molar-refractivity contribution >= 4 is 28.5 Å². The fraction of sp³-hybridized carbons (Fsp3) is 0.118. The van der Waals surface area contributed by atoms with Gasteiger partial charge >= 0.3 is 11.7 Å². The van der Waals surface area contributed by atoms with E-state index in [-0.39, 0.29) is 11.5 Å². The first kappa shape index (κ1) is 17.1. The molecule has 0 saturated carbocycles. The van der Waals surface area contributed by atoms with Gasteiger partial charge in [0.25, 0.3) is 5.56 Å². The summed E-state index contributed by atoms with van der Waals surface area (Å²) in [4.78, 5) is 53.6. The van der Waals surface area contributed by atoms with Crippen LogP contribution in [0.4, 0.5) is 5.82 Å². The predicted molar refractivity (Wildman–Crippen MR) is 93.1 cm³/mol. The minimum Gasteiger partial charge on any atom is -0.453 e. The molecule has 0 spiro atoms. The molecule has 1 aromatic carbocycles. The molecule has 2 heterocycles. The van der Waals surface area contributed by atoms with Crippen molar-refractivity contribution in [2.24, 2.45) is 7.05 Å². The number of pyridine rings is 1. The van der Waals surface area contributed by atoms with E-state index < -0.39 is 35.2 Å². The van der Waals surface area contributed by atoms with Crippen molar-refractivity contribution in [1.29, 1.82) is 0 Å². The number of aromatic amines is 1. The second-order valence-corrected chi connectivity index (χ2v) is 5.47. The average Bonchev–Trinajstić information content (AvgIpc) is 2.63. The van der Waals surface area contributed by atoms with Crippen molar-refractivity contribution in [3.63, 3.8) is 0 Å². The molecular weight excluding hydrogens is 340 g/mol. The molecule has 132 valence electrons. The van der Waals surface area contributed by atoms with Gasteiger partial charge in [-0.15, -0.1) is 0 Å². The Morgan fingerprint density at radius 2 is 1.92 bits per heavy atom. The largest absolute Gasteiger partial charge is 0.453 e. The van der Waals surface area contributed by atoms with Crippen LogP contribution in [0.15, 0.2) is 46.0 Å². The number of H-pyrrole nitrogens is 1. The molecule has 0 unspecified atom stereocenters. The zero-order chi connectivity index (χ0) is 18.8. The van der Waals surface area contributed by atoms with E-state index >= 15 is 0 Å². The first-order valence-electron chi connectivity index (χ1n) is 7.53. The van der Waals surface area contributed by atoms with Crippen LogP contribution in [0.3, 0.4) is 0 Å². The molecule has 0 fully saturated rings. The second-order valence-electron chi connectivity index (χ2n) is 5.47. The van der Waals surface area contributed by atoms with Crippen LogP contribution in [0.2, 0.25) is 0 Å². The van der Waals surface area contributed by atoms with Gasteiger partial charge in [-0.1, -0.05) is 24.3 Å². The molecular formula is C17H14N4O5. The summed E-state index contributed by atoms with van der Waals surface area (Å²) in [6, 6.07) is 10.4. The van der Waals surface area contributed by atoms with Crippen molar-refractivity contribution < 1.29 is 14.3 Å². The highest BCUT2D eigenvalue weighted by Gasteiger charge is 2.20. The van der Waals surface area contributed by atoms with Gasteiger partial charge in [-0.3, -0.25) is 19.1 Å². The van der Waals surface area contributed by atoms with Crippen molar-refractivity contribution in [3.8, 4) is 0 Å². The minimum absolute atomic E-state index is 0.0267.